The van der Waals surface area contributed by atoms with Crippen molar-refractivity contribution in [2.45, 2.75) is 25.9 Å². The third-order valence-corrected chi connectivity index (χ3v) is 4.06. The molecule has 1 heterocycles. The molecule has 1 aliphatic heterocycles. The molecule has 0 atom stereocenters. The van der Waals surface area contributed by atoms with E-state index in [-0.39, 0.29) is 5.60 Å². The van der Waals surface area contributed by atoms with E-state index in [1.54, 1.807) is 6.07 Å². The van der Waals surface area contributed by atoms with Gasteiger partial charge in [0, 0.05) is 17.4 Å². The molecule has 0 aliphatic carbocycles. The van der Waals surface area contributed by atoms with E-state index in [0.717, 1.165) is 23.1 Å². The van der Waals surface area contributed by atoms with E-state index in [0.29, 0.717) is 15.8 Å². The van der Waals surface area contributed by atoms with Crippen LogP contribution in [0.3, 0.4) is 0 Å². The molecule has 0 fully saturated rings. The molecule has 1 aliphatic rings. The number of rotatable bonds is 0. The van der Waals surface area contributed by atoms with Gasteiger partial charge in [-0.15, -0.1) is 0 Å². The van der Waals surface area contributed by atoms with E-state index in [4.69, 9.17) is 27.9 Å². The van der Waals surface area contributed by atoms with E-state index >= 15 is 0 Å². The molecule has 2 nitrogen and oxygen atoms in total. The van der Waals surface area contributed by atoms with Gasteiger partial charge in [0.1, 0.15) is 5.60 Å². The smallest absolute Gasteiger partial charge is 0.163 e. The van der Waals surface area contributed by atoms with E-state index in [2.05, 4.69) is 21.2 Å². The first kappa shape index (κ1) is 12.3. The number of halogens is 3. The fourth-order valence-corrected chi connectivity index (χ4v) is 2.66. The van der Waals surface area contributed by atoms with Crippen LogP contribution in [0, 0.1) is 0 Å². The maximum Gasteiger partial charge on any atom is 0.163 e. The number of ether oxygens (including phenoxy) is 1. The molecule has 0 aromatic heterocycles. The summed E-state index contributed by atoms with van der Waals surface area (Å²) in [6, 6.07) is 1.76. The van der Waals surface area contributed by atoms with Gasteiger partial charge in [0.25, 0.3) is 0 Å². The van der Waals surface area contributed by atoms with Gasteiger partial charge < -0.3 is 10.1 Å². The Hall–Kier alpha value is -0.120. The van der Waals surface area contributed by atoms with Gasteiger partial charge in [0.05, 0.1) is 15.7 Å². The topological polar surface area (TPSA) is 21.3 Å². The summed E-state index contributed by atoms with van der Waals surface area (Å²) < 4.78 is 6.68. The zero-order chi connectivity index (χ0) is 11.9. The van der Waals surface area contributed by atoms with Crippen LogP contribution in [0.25, 0.3) is 0 Å². The first-order chi connectivity index (χ1) is 7.41. The third kappa shape index (κ3) is 2.27. The molecule has 1 N–H and O–H groups in total. The number of hydrogen-bond donors (Lipinski definition) is 1. The maximum absolute atomic E-state index is 6.20. The SMILES string of the molecule is CC1(C)CCNc2c(Cl)c(Br)cc(Cl)c2O1. The summed E-state index contributed by atoms with van der Waals surface area (Å²) >= 11 is 15.7. The van der Waals surface area contributed by atoms with Gasteiger partial charge in [-0.2, -0.15) is 0 Å². The van der Waals surface area contributed by atoms with E-state index in [1.807, 2.05) is 13.8 Å². The summed E-state index contributed by atoms with van der Waals surface area (Å²) in [7, 11) is 0. The number of benzene rings is 1. The van der Waals surface area contributed by atoms with Gasteiger partial charge >= 0.3 is 0 Å². The molecule has 1 aromatic carbocycles. The molecule has 0 saturated heterocycles. The van der Waals surface area contributed by atoms with Crippen LogP contribution in [0.15, 0.2) is 10.5 Å². The van der Waals surface area contributed by atoms with Crippen molar-refractivity contribution in [3.8, 4) is 5.75 Å². The van der Waals surface area contributed by atoms with Crippen LogP contribution in [-0.2, 0) is 0 Å². The Labute approximate surface area is 113 Å². The van der Waals surface area contributed by atoms with E-state index in [1.165, 1.54) is 0 Å². The minimum absolute atomic E-state index is 0.237. The lowest BCUT2D eigenvalue weighted by Crippen LogP contribution is -2.28. The molecule has 2 rings (SSSR count). The highest BCUT2D eigenvalue weighted by Gasteiger charge is 2.28. The Morgan fingerprint density at radius 2 is 2.12 bits per heavy atom. The van der Waals surface area contributed by atoms with Crippen molar-refractivity contribution in [3.63, 3.8) is 0 Å². The second-order valence-electron chi connectivity index (χ2n) is 4.40. The van der Waals surface area contributed by atoms with Crippen molar-refractivity contribution in [3.05, 3.63) is 20.6 Å². The Balaban J connectivity index is 2.57. The Morgan fingerprint density at radius 1 is 1.44 bits per heavy atom. The average Bonchev–Trinajstić information content (AvgIpc) is 2.33. The first-order valence-electron chi connectivity index (χ1n) is 5.01. The van der Waals surface area contributed by atoms with Crippen LogP contribution >= 0.6 is 39.1 Å². The zero-order valence-corrected chi connectivity index (χ0v) is 12.1. The standard InChI is InChI=1S/C11H12BrCl2NO/c1-11(2)3-4-15-9-8(14)6(12)5-7(13)10(9)16-11/h5,15H,3-4H2,1-2H3. The summed E-state index contributed by atoms with van der Waals surface area (Å²) in [5, 5.41) is 4.43. The number of nitrogens with one attached hydrogen (secondary N) is 1. The zero-order valence-electron chi connectivity index (χ0n) is 9.03. The predicted octanol–water partition coefficient (Wildman–Crippen LogP) is 4.73. The summed E-state index contributed by atoms with van der Waals surface area (Å²) in [5.74, 6) is 0.636. The van der Waals surface area contributed by atoms with Crippen molar-refractivity contribution in [1.82, 2.24) is 0 Å². The molecule has 0 unspecified atom stereocenters. The van der Waals surface area contributed by atoms with Crippen molar-refractivity contribution in [2.75, 3.05) is 11.9 Å². The molecule has 16 heavy (non-hydrogen) atoms. The van der Waals surface area contributed by atoms with Gasteiger partial charge in [0.2, 0.25) is 0 Å². The fraction of sp³-hybridized carbons (Fsp3) is 0.455. The van der Waals surface area contributed by atoms with Gasteiger partial charge in [-0.25, -0.2) is 0 Å². The third-order valence-electron chi connectivity index (χ3n) is 2.53. The van der Waals surface area contributed by atoms with Crippen LogP contribution in [-0.4, -0.2) is 12.1 Å². The Kier molecular flexibility index (Phi) is 3.30. The number of fused-ring (bicyclic) bond motifs is 1. The second-order valence-corrected chi connectivity index (χ2v) is 6.04. The predicted molar refractivity (Wildman–Crippen MR) is 72.0 cm³/mol. The Morgan fingerprint density at radius 3 is 2.81 bits per heavy atom. The average molecular weight is 325 g/mol. The van der Waals surface area contributed by atoms with E-state index < -0.39 is 0 Å². The largest absolute Gasteiger partial charge is 0.484 e. The van der Waals surface area contributed by atoms with Crippen molar-refractivity contribution < 1.29 is 4.74 Å². The normalized spacial score (nSPS) is 18.1. The van der Waals surface area contributed by atoms with Crippen molar-refractivity contribution >= 4 is 44.8 Å². The van der Waals surface area contributed by atoms with E-state index in [9.17, 15) is 0 Å². The first-order valence-corrected chi connectivity index (χ1v) is 6.56. The van der Waals surface area contributed by atoms with Gasteiger partial charge in [-0.05, 0) is 35.8 Å². The van der Waals surface area contributed by atoms with Crippen LogP contribution < -0.4 is 10.1 Å². The van der Waals surface area contributed by atoms with Crippen molar-refractivity contribution in [2.24, 2.45) is 0 Å². The molecule has 0 amide bonds. The molecule has 0 radical (unpaired) electrons. The lowest BCUT2D eigenvalue weighted by Gasteiger charge is -2.24. The molecule has 0 bridgehead atoms. The van der Waals surface area contributed by atoms with Gasteiger partial charge in [0.15, 0.2) is 5.75 Å². The summed E-state index contributed by atoms with van der Waals surface area (Å²) in [5.41, 5.74) is 0.533. The molecule has 88 valence electrons. The molecular formula is C11H12BrCl2NO. The molecule has 1 aromatic rings. The number of hydrogen-bond acceptors (Lipinski definition) is 2. The quantitative estimate of drug-likeness (QED) is 0.697. The molecule has 0 spiro atoms. The second kappa shape index (κ2) is 4.28. The summed E-state index contributed by atoms with van der Waals surface area (Å²) in [4.78, 5) is 0. The maximum atomic E-state index is 6.20. The minimum Gasteiger partial charge on any atom is -0.484 e. The number of anilines is 1. The summed E-state index contributed by atoms with van der Waals surface area (Å²) in [6.45, 7) is 4.89. The monoisotopic (exact) mass is 323 g/mol. The lowest BCUT2D eigenvalue weighted by atomic mass is 10.1. The van der Waals surface area contributed by atoms with Crippen molar-refractivity contribution in [1.29, 1.82) is 0 Å². The summed E-state index contributed by atoms with van der Waals surface area (Å²) in [6.07, 6.45) is 0.895. The lowest BCUT2D eigenvalue weighted by molar-refractivity contribution is 0.109. The molecule has 5 heteroatoms. The highest BCUT2D eigenvalue weighted by Crippen LogP contribution is 2.46. The van der Waals surface area contributed by atoms with Gasteiger partial charge in [-0.3, -0.25) is 0 Å². The molecule has 0 saturated carbocycles. The van der Waals surface area contributed by atoms with Gasteiger partial charge in [-0.1, -0.05) is 23.2 Å². The fourth-order valence-electron chi connectivity index (χ4n) is 1.65. The van der Waals surface area contributed by atoms with Crippen LogP contribution in [0.1, 0.15) is 20.3 Å². The van der Waals surface area contributed by atoms with Crippen LogP contribution in [0.4, 0.5) is 5.69 Å². The molecular weight excluding hydrogens is 313 g/mol. The van der Waals surface area contributed by atoms with Crippen LogP contribution in [0.5, 0.6) is 5.75 Å². The highest BCUT2D eigenvalue weighted by atomic mass is 79.9. The minimum atomic E-state index is -0.237. The Bertz CT molecular complexity index is 434. The highest BCUT2D eigenvalue weighted by molar-refractivity contribution is 9.10. The van der Waals surface area contributed by atoms with Crippen LogP contribution in [0.2, 0.25) is 10.0 Å².